The van der Waals surface area contributed by atoms with Gasteiger partial charge in [0.15, 0.2) is 0 Å². The average Bonchev–Trinajstić information content (AvgIpc) is 2.80. The summed E-state index contributed by atoms with van der Waals surface area (Å²) >= 11 is 0. The fraction of sp³-hybridized carbons (Fsp3) is 0.714. The highest BCUT2D eigenvalue weighted by molar-refractivity contribution is 4.97. The maximum absolute atomic E-state index is 13.4. The fourth-order valence-electron chi connectivity index (χ4n) is 2.79. The number of ether oxygens (including phenoxy) is 1. The molecular formula is C14H21FN2O5. The third-order valence-electron chi connectivity index (χ3n) is 4.06. The first-order valence-corrected chi connectivity index (χ1v) is 7.41. The van der Waals surface area contributed by atoms with Crippen LogP contribution in [-0.2, 0) is 4.74 Å². The Bertz CT molecular complexity index is 628. The highest BCUT2D eigenvalue weighted by Crippen LogP contribution is 2.39. The summed E-state index contributed by atoms with van der Waals surface area (Å²) in [4.78, 5) is 24.7. The highest BCUT2D eigenvalue weighted by atomic mass is 19.1. The van der Waals surface area contributed by atoms with Crippen LogP contribution in [0.3, 0.4) is 0 Å². The van der Waals surface area contributed by atoms with Gasteiger partial charge in [0, 0.05) is 6.42 Å². The van der Waals surface area contributed by atoms with Crippen molar-refractivity contribution in [2.75, 3.05) is 6.61 Å². The quantitative estimate of drug-likeness (QED) is 0.653. The highest BCUT2D eigenvalue weighted by Gasteiger charge is 2.47. The van der Waals surface area contributed by atoms with Crippen molar-refractivity contribution < 1.29 is 19.3 Å². The summed E-state index contributed by atoms with van der Waals surface area (Å²) in [5.74, 6) is -1.11. The molecule has 1 aliphatic heterocycles. The van der Waals surface area contributed by atoms with Gasteiger partial charge in [0.25, 0.3) is 5.56 Å². The molecule has 0 spiro atoms. The minimum atomic E-state index is -1.28. The summed E-state index contributed by atoms with van der Waals surface area (Å²) in [5.41, 5.74) is -3.19. The Morgan fingerprint density at radius 2 is 2.23 bits per heavy atom. The number of rotatable bonds is 6. The number of hydrogen-bond acceptors (Lipinski definition) is 5. The van der Waals surface area contributed by atoms with E-state index in [1.807, 2.05) is 11.9 Å². The molecule has 0 unspecified atom stereocenters. The monoisotopic (exact) mass is 316 g/mol. The molecule has 3 N–H and O–H groups in total. The lowest BCUT2D eigenvalue weighted by Crippen LogP contribution is -2.40. The zero-order valence-electron chi connectivity index (χ0n) is 12.4. The molecule has 0 aromatic carbocycles. The van der Waals surface area contributed by atoms with Gasteiger partial charge in [0.2, 0.25) is 5.82 Å². The van der Waals surface area contributed by atoms with Gasteiger partial charge in [-0.2, -0.15) is 4.39 Å². The molecule has 22 heavy (non-hydrogen) atoms. The summed E-state index contributed by atoms with van der Waals surface area (Å²) in [6, 6.07) is 0. The van der Waals surface area contributed by atoms with Crippen molar-refractivity contribution in [3.63, 3.8) is 0 Å². The molecule has 0 amide bonds. The third kappa shape index (κ3) is 3.29. The molecule has 1 aromatic heterocycles. The van der Waals surface area contributed by atoms with E-state index in [9.17, 15) is 24.2 Å². The molecule has 2 rings (SSSR count). The average molecular weight is 316 g/mol. The lowest BCUT2D eigenvalue weighted by atomic mass is 9.89. The first-order valence-electron chi connectivity index (χ1n) is 7.41. The Labute approximate surface area is 126 Å². The number of aromatic nitrogens is 2. The predicted octanol–water partition coefficient (Wildman–Crippen LogP) is 0.267. The van der Waals surface area contributed by atoms with Gasteiger partial charge in [-0.25, -0.2) is 4.79 Å². The van der Waals surface area contributed by atoms with Crippen LogP contribution in [0.15, 0.2) is 15.8 Å². The van der Waals surface area contributed by atoms with E-state index in [0.717, 1.165) is 30.0 Å². The number of halogens is 1. The number of unbranched alkanes of at least 4 members (excludes halogenated alkanes) is 2. The van der Waals surface area contributed by atoms with Crippen LogP contribution in [0.1, 0.15) is 45.3 Å². The lowest BCUT2D eigenvalue weighted by Gasteiger charge is -2.26. The van der Waals surface area contributed by atoms with E-state index in [1.165, 1.54) is 0 Å². The van der Waals surface area contributed by atoms with Crippen LogP contribution < -0.4 is 11.2 Å². The summed E-state index contributed by atoms with van der Waals surface area (Å²) in [7, 11) is 0. The van der Waals surface area contributed by atoms with Crippen molar-refractivity contribution in [2.24, 2.45) is 0 Å². The first kappa shape index (κ1) is 16.9. The third-order valence-corrected chi connectivity index (χ3v) is 4.06. The van der Waals surface area contributed by atoms with Crippen LogP contribution in [0.25, 0.3) is 0 Å². The lowest BCUT2D eigenvalue weighted by molar-refractivity contribution is -0.0862. The van der Waals surface area contributed by atoms with Crippen LogP contribution in [0.4, 0.5) is 4.39 Å². The van der Waals surface area contributed by atoms with E-state index in [0.29, 0.717) is 6.42 Å². The molecule has 2 heterocycles. The summed E-state index contributed by atoms with van der Waals surface area (Å²) < 4.78 is 19.8. The molecule has 0 bridgehead atoms. The zero-order valence-corrected chi connectivity index (χ0v) is 12.4. The summed E-state index contributed by atoms with van der Waals surface area (Å²) in [5, 5.41) is 20.0. The SMILES string of the molecule is CCCCC[C@]1(O)C[C@H](n2cc(F)c(=O)[nH]c2=O)O[C@@H]1CO. The Balaban J connectivity index is 2.23. The van der Waals surface area contributed by atoms with Crippen molar-refractivity contribution >= 4 is 0 Å². The number of H-pyrrole nitrogens is 1. The molecule has 7 nitrogen and oxygen atoms in total. The van der Waals surface area contributed by atoms with Gasteiger partial charge in [-0.15, -0.1) is 0 Å². The van der Waals surface area contributed by atoms with Crippen molar-refractivity contribution in [3.8, 4) is 0 Å². The van der Waals surface area contributed by atoms with E-state index >= 15 is 0 Å². The number of aromatic amines is 1. The van der Waals surface area contributed by atoms with E-state index in [-0.39, 0.29) is 6.42 Å². The van der Waals surface area contributed by atoms with Gasteiger partial charge in [-0.3, -0.25) is 14.3 Å². The minimum absolute atomic E-state index is 0.0489. The van der Waals surface area contributed by atoms with Gasteiger partial charge in [0.1, 0.15) is 12.3 Å². The number of nitrogens with one attached hydrogen (secondary N) is 1. The second-order valence-corrected chi connectivity index (χ2v) is 5.67. The summed E-state index contributed by atoms with van der Waals surface area (Å²) in [6.07, 6.45) is 2.12. The number of aliphatic hydroxyl groups is 2. The molecule has 0 saturated carbocycles. The van der Waals surface area contributed by atoms with E-state index < -0.39 is 41.6 Å². The Morgan fingerprint density at radius 3 is 2.86 bits per heavy atom. The zero-order chi connectivity index (χ0) is 16.3. The maximum atomic E-state index is 13.4. The first-order chi connectivity index (χ1) is 10.4. The van der Waals surface area contributed by atoms with E-state index in [1.54, 1.807) is 0 Å². The second-order valence-electron chi connectivity index (χ2n) is 5.67. The van der Waals surface area contributed by atoms with Crippen LogP contribution in [-0.4, -0.2) is 38.1 Å². The molecule has 1 saturated heterocycles. The number of aliphatic hydroxyl groups excluding tert-OH is 1. The normalized spacial score (nSPS) is 28.2. The van der Waals surface area contributed by atoms with Crippen molar-refractivity contribution in [1.82, 2.24) is 9.55 Å². The molecule has 0 aliphatic carbocycles. The van der Waals surface area contributed by atoms with Crippen molar-refractivity contribution in [2.45, 2.75) is 57.0 Å². The standard InChI is InChI=1S/C14H21FN2O5/c1-2-3-4-5-14(21)6-11(22-10(14)8-18)17-7-9(15)12(19)16-13(17)20/h7,10-11,18,21H,2-6,8H2,1H3,(H,16,19,20)/t10-,11-,14+/m1/s1. The summed E-state index contributed by atoms with van der Waals surface area (Å²) in [6.45, 7) is 1.63. The Morgan fingerprint density at radius 1 is 1.50 bits per heavy atom. The molecule has 8 heteroatoms. The van der Waals surface area contributed by atoms with Gasteiger partial charge < -0.3 is 14.9 Å². The van der Waals surface area contributed by atoms with Crippen molar-refractivity contribution in [3.05, 3.63) is 32.9 Å². The molecule has 3 atom stereocenters. The maximum Gasteiger partial charge on any atom is 0.330 e. The van der Waals surface area contributed by atoms with Gasteiger partial charge >= 0.3 is 5.69 Å². The van der Waals surface area contributed by atoms with Crippen LogP contribution in [0.2, 0.25) is 0 Å². The van der Waals surface area contributed by atoms with Crippen LogP contribution in [0, 0.1) is 5.82 Å². The number of hydrogen-bond donors (Lipinski definition) is 3. The largest absolute Gasteiger partial charge is 0.394 e. The molecule has 1 fully saturated rings. The topological polar surface area (TPSA) is 105 Å². The van der Waals surface area contributed by atoms with E-state index in [2.05, 4.69) is 0 Å². The fourth-order valence-corrected chi connectivity index (χ4v) is 2.79. The molecule has 1 aromatic rings. The van der Waals surface area contributed by atoms with Gasteiger partial charge in [0.05, 0.1) is 18.4 Å². The number of nitrogens with zero attached hydrogens (tertiary/aromatic N) is 1. The van der Waals surface area contributed by atoms with Crippen LogP contribution >= 0.6 is 0 Å². The van der Waals surface area contributed by atoms with Gasteiger partial charge in [-0.1, -0.05) is 26.2 Å². The van der Waals surface area contributed by atoms with Crippen molar-refractivity contribution in [1.29, 1.82) is 0 Å². The van der Waals surface area contributed by atoms with Crippen LogP contribution in [0.5, 0.6) is 0 Å². The minimum Gasteiger partial charge on any atom is -0.394 e. The smallest absolute Gasteiger partial charge is 0.330 e. The molecule has 1 aliphatic rings. The van der Waals surface area contributed by atoms with E-state index in [4.69, 9.17) is 4.74 Å². The predicted molar refractivity (Wildman–Crippen MR) is 76.0 cm³/mol. The molecular weight excluding hydrogens is 295 g/mol. The molecule has 0 radical (unpaired) electrons. The molecule has 124 valence electrons. The Kier molecular flexibility index (Phi) is 5.15. The second kappa shape index (κ2) is 6.72. The Hall–Kier alpha value is -1.51. The van der Waals surface area contributed by atoms with Gasteiger partial charge in [-0.05, 0) is 6.42 Å².